The molecule has 1 amide bonds. The topological polar surface area (TPSA) is 59.6 Å². The molecule has 5 nitrogen and oxygen atoms in total. The molecule has 3 rings (SSSR count). The Kier molecular flexibility index (Phi) is 7.18. The summed E-state index contributed by atoms with van der Waals surface area (Å²) in [5.74, 6) is 2.39. The number of rotatable bonds is 6. The van der Waals surface area contributed by atoms with Crippen LogP contribution in [-0.2, 0) is 4.79 Å². The first kappa shape index (κ1) is 18.9. The summed E-state index contributed by atoms with van der Waals surface area (Å²) >= 11 is 0. The Balaban J connectivity index is 0.00000208. The molecule has 1 aliphatic heterocycles. The number of halogens is 1. The molecule has 3 atom stereocenters. The maximum Gasteiger partial charge on any atom is 0.237 e. The minimum atomic E-state index is -0.0240. The second-order valence-corrected chi connectivity index (χ2v) is 6.42. The van der Waals surface area contributed by atoms with Crippen LogP contribution < -0.4 is 20.1 Å². The van der Waals surface area contributed by atoms with Crippen LogP contribution in [0.15, 0.2) is 24.3 Å². The maximum atomic E-state index is 12.2. The van der Waals surface area contributed by atoms with Crippen molar-refractivity contribution in [1.82, 2.24) is 10.6 Å². The van der Waals surface area contributed by atoms with Gasteiger partial charge >= 0.3 is 0 Å². The van der Waals surface area contributed by atoms with Crippen molar-refractivity contribution in [3.63, 3.8) is 0 Å². The molecule has 1 saturated heterocycles. The summed E-state index contributed by atoms with van der Waals surface area (Å²) < 4.78 is 10.7. The van der Waals surface area contributed by atoms with E-state index < -0.39 is 0 Å². The van der Waals surface area contributed by atoms with Gasteiger partial charge in [0.15, 0.2) is 0 Å². The van der Waals surface area contributed by atoms with E-state index in [4.69, 9.17) is 9.47 Å². The Morgan fingerprint density at radius 1 is 1.21 bits per heavy atom. The molecule has 0 aromatic heterocycles. The van der Waals surface area contributed by atoms with Gasteiger partial charge in [0.25, 0.3) is 0 Å². The lowest BCUT2D eigenvalue weighted by Crippen LogP contribution is -2.44. The predicted octanol–water partition coefficient (Wildman–Crippen LogP) is 2.53. The molecule has 0 spiro atoms. The Hall–Kier alpha value is -1.46. The van der Waals surface area contributed by atoms with Gasteiger partial charge < -0.3 is 20.1 Å². The third-order valence-corrected chi connectivity index (χ3v) is 4.91. The van der Waals surface area contributed by atoms with Crippen molar-refractivity contribution in [2.45, 2.75) is 44.2 Å². The molecule has 24 heavy (non-hydrogen) atoms. The number of hydrogen-bond acceptors (Lipinski definition) is 4. The van der Waals surface area contributed by atoms with Crippen molar-refractivity contribution >= 4 is 18.3 Å². The summed E-state index contributed by atoms with van der Waals surface area (Å²) in [6.07, 6.45) is 6.07. The normalized spacial score (nSPS) is 25.3. The van der Waals surface area contributed by atoms with Crippen molar-refractivity contribution in [1.29, 1.82) is 0 Å². The fraction of sp³-hybridized carbons (Fsp3) is 0.611. The third-order valence-electron chi connectivity index (χ3n) is 4.91. The Morgan fingerprint density at radius 3 is 2.62 bits per heavy atom. The highest BCUT2D eigenvalue weighted by Crippen LogP contribution is 2.33. The van der Waals surface area contributed by atoms with Crippen molar-refractivity contribution in [3.05, 3.63) is 24.3 Å². The second kappa shape index (κ2) is 9.14. The van der Waals surface area contributed by atoms with E-state index in [1.54, 1.807) is 7.11 Å². The summed E-state index contributed by atoms with van der Waals surface area (Å²) in [7, 11) is 1.64. The van der Waals surface area contributed by atoms with E-state index in [0.29, 0.717) is 25.1 Å². The van der Waals surface area contributed by atoms with Gasteiger partial charge in [-0.1, -0.05) is 12.8 Å². The summed E-state index contributed by atoms with van der Waals surface area (Å²) in [6, 6.07) is 7.98. The Labute approximate surface area is 149 Å². The molecular weight excluding hydrogens is 328 g/mol. The van der Waals surface area contributed by atoms with Crippen LogP contribution in [0.4, 0.5) is 0 Å². The van der Waals surface area contributed by atoms with E-state index in [2.05, 4.69) is 10.6 Å². The van der Waals surface area contributed by atoms with E-state index in [1.165, 1.54) is 25.7 Å². The van der Waals surface area contributed by atoms with Crippen LogP contribution in [-0.4, -0.2) is 38.3 Å². The van der Waals surface area contributed by atoms with Crippen molar-refractivity contribution < 1.29 is 14.3 Å². The molecule has 1 aromatic rings. The van der Waals surface area contributed by atoms with Crippen LogP contribution >= 0.6 is 12.4 Å². The van der Waals surface area contributed by atoms with Gasteiger partial charge in [0.2, 0.25) is 5.91 Å². The fourth-order valence-corrected chi connectivity index (χ4v) is 3.66. The highest BCUT2D eigenvalue weighted by Gasteiger charge is 2.37. The second-order valence-electron chi connectivity index (χ2n) is 6.42. The van der Waals surface area contributed by atoms with Crippen molar-refractivity contribution in [2.24, 2.45) is 5.92 Å². The van der Waals surface area contributed by atoms with Gasteiger partial charge in [0, 0.05) is 6.04 Å². The molecule has 2 aliphatic rings. The standard InChI is InChI=1S/C18H26N2O3.ClH/c1-22-14-6-8-15(9-7-14)23-11-10-19-18(21)17-12-13-4-2-3-5-16(13)20-17;/h6-9,13,16-17,20H,2-5,10-12H2,1H3,(H,19,21);1H. The molecule has 1 aliphatic carbocycles. The van der Waals surface area contributed by atoms with Gasteiger partial charge in [0.05, 0.1) is 19.7 Å². The molecular formula is C18H27ClN2O3. The zero-order chi connectivity index (χ0) is 16.1. The summed E-state index contributed by atoms with van der Waals surface area (Å²) in [5.41, 5.74) is 0. The number of hydrogen-bond donors (Lipinski definition) is 2. The van der Waals surface area contributed by atoms with Gasteiger partial charge in [-0.05, 0) is 49.4 Å². The van der Waals surface area contributed by atoms with Crippen LogP contribution in [0.2, 0.25) is 0 Å². The quantitative estimate of drug-likeness (QED) is 0.771. The van der Waals surface area contributed by atoms with E-state index in [0.717, 1.165) is 17.9 Å². The Morgan fingerprint density at radius 2 is 1.92 bits per heavy atom. The van der Waals surface area contributed by atoms with Gasteiger partial charge in [-0.25, -0.2) is 0 Å². The molecule has 3 unspecified atom stereocenters. The Bertz CT molecular complexity index is 510. The number of fused-ring (bicyclic) bond motifs is 1. The SMILES string of the molecule is COc1ccc(OCCNC(=O)C2CC3CCCCC3N2)cc1.Cl. The average Bonchev–Trinajstić information content (AvgIpc) is 3.03. The third kappa shape index (κ3) is 4.77. The predicted molar refractivity (Wildman–Crippen MR) is 96.0 cm³/mol. The summed E-state index contributed by atoms with van der Waals surface area (Å²) in [4.78, 5) is 12.2. The highest BCUT2D eigenvalue weighted by molar-refractivity contribution is 5.85. The van der Waals surface area contributed by atoms with Gasteiger partial charge in [-0.15, -0.1) is 12.4 Å². The molecule has 0 bridgehead atoms. The molecule has 1 saturated carbocycles. The molecule has 6 heteroatoms. The fourth-order valence-electron chi connectivity index (χ4n) is 3.66. The van der Waals surface area contributed by atoms with Crippen molar-refractivity contribution in [3.8, 4) is 11.5 Å². The minimum absolute atomic E-state index is 0. The lowest BCUT2D eigenvalue weighted by Gasteiger charge is -2.24. The molecule has 0 radical (unpaired) electrons. The zero-order valence-electron chi connectivity index (χ0n) is 14.1. The lowest BCUT2D eigenvalue weighted by atomic mass is 9.85. The lowest BCUT2D eigenvalue weighted by molar-refractivity contribution is -0.123. The number of nitrogens with one attached hydrogen (secondary N) is 2. The first-order valence-electron chi connectivity index (χ1n) is 8.57. The minimum Gasteiger partial charge on any atom is -0.497 e. The van der Waals surface area contributed by atoms with Crippen LogP contribution in [0.1, 0.15) is 32.1 Å². The largest absolute Gasteiger partial charge is 0.497 e. The molecule has 2 fully saturated rings. The number of ether oxygens (including phenoxy) is 2. The first-order chi connectivity index (χ1) is 11.3. The van der Waals surface area contributed by atoms with Gasteiger partial charge in [0.1, 0.15) is 18.1 Å². The van der Waals surface area contributed by atoms with Crippen LogP contribution in [0, 0.1) is 5.92 Å². The van der Waals surface area contributed by atoms with Crippen LogP contribution in [0.3, 0.4) is 0 Å². The maximum absolute atomic E-state index is 12.2. The van der Waals surface area contributed by atoms with Gasteiger partial charge in [-0.2, -0.15) is 0 Å². The monoisotopic (exact) mass is 354 g/mol. The van der Waals surface area contributed by atoms with Gasteiger partial charge in [-0.3, -0.25) is 4.79 Å². The number of methoxy groups -OCH3 is 1. The number of amides is 1. The smallest absolute Gasteiger partial charge is 0.237 e. The highest BCUT2D eigenvalue weighted by atomic mass is 35.5. The molecule has 2 N–H and O–H groups in total. The van der Waals surface area contributed by atoms with E-state index in [9.17, 15) is 4.79 Å². The molecule has 1 aromatic carbocycles. The van der Waals surface area contributed by atoms with Crippen LogP contribution in [0.5, 0.6) is 11.5 Å². The number of carbonyl (C=O) groups is 1. The zero-order valence-corrected chi connectivity index (χ0v) is 14.9. The molecule has 134 valence electrons. The average molecular weight is 355 g/mol. The summed E-state index contributed by atoms with van der Waals surface area (Å²) in [5, 5.41) is 6.47. The number of benzene rings is 1. The number of carbonyl (C=O) groups excluding carboxylic acids is 1. The van der Waals surface area contributed by atoms with Crippen molar-refractivity contribution in [2.75, 3.05) is 20.3 Å². The summed E-state index contributed by atoms with van der Waals surface area (Å²) in [6.45, 7) is 0.996. The van der Waals surface area contributed by atoms with E-state index >= 15 is 0 Å². The molecule has 1 heterocycles. The first-order valence-corrected chi connectivity index (χ1v) is 8.57. The van der Waals surface area contributed by atoms with E-state index in [1.807, 2.05) is 24.3 Å². The van der Waals surface area contributed by atoms with E-state index in [-0.39, 0.29) is 24.4 Å². The van der Waals surface area contributed by atoms with Crippen LogP contribution in [0.25, 0.3) is 0 Å².